The number of hydrogen-bond acceptors (Lipinski definition) is 4. The Morgan fingerprint density at radius 2 is 2.26 bits per heavy atom. The zero-order chi connectivity index (χ0) is 16.3. The summed E-state index contributed by atoms with van der Waals surface area (Å²) in [6.07, 6.45) is 6.23. The van der Waals surface area contributed by atoms with E-state index in [9.17, 15) is 4.79 Å². The zero-order valence-electron chi connectivity index (χ0n) is 13.2. The first-order chi connectivity index (χ1) is 11.3. The van der Waals surface area contributed by atoms with Gasteiger partial charge in [-0.3, -0.25) is 0 Å². The summed E-state index contributed by atoms with van der Waals surface area (Å²) >= 11 is 0. The lowest BCUT2D eigenvalue weighted by Crippen LogP contribution is -2.30. The Morgan fingerprint density at radius 3 is 3.04 bits per heavy atom. The number of methoxy groups -OCH3 is 1. The first kappa shape index (κ1) is 16.8. The SMILES string of the molecule is COCCOc1cccc(NC(=O)NCCCn2ccnc2)c1. The van der Waals surface area contributed by atoms with Crippen molar-refractivity contribution in [1.29, 1.82) is 0 Å². The largest absolute Gasteiger partial charge is 0.491 e. The molecule has 0 aliphatic heterocycles. The highest BCUT2D eigenvalue weighted by molar-refractivity contribution is 5.89. The molecule has 0 atom stereocenters. The van der Waals surface area contributed by atoms with Gasteiger partial charge in [-0.25, -0.2) is 9.78 Å². The molecule has 0 spiro atoms. The molecular weight excluding hydrogens is 296 g/mol. The van der Waals surface area contributed by atoms with E-state index in [0.29, 0.717) is 31.2 Å². The van der Waals surface area contributed by atoms with Crippen LogP contribution in [0.3, 0.4) is 0 Å². The van der Waals surface area contributed by atoms with Gasteiger partial charge in [0.05, 0.1) is 12.9 Å². The minimum Gasteiger partial charge on any atom is -0.491 e. The summed E-state index contributed by atoms with van der Waals surface area (Å²) in [5.74, 6) is 0.694. The summed E-state index contributed by atoms with van der Waals surface area (Å²) in [5, 5.41) is 5.61. The fraction of sp³-hybridized carbons (Fsp3) is 0.375. The highest BCUT2D eigenvalue weighted by atomic mass is 16.5. The van der Waals surface area contributed by atoms with Crippen LogP contribution in [0.5, 0.6) is 5.75 Å². The van der Waals surface area contributed by atoms with E-state index in [4.69, 9.17) is 9.47 Å². The fourth-order valence-electron chi connectivity index (χ4n) is 1.96. The summed E-state index contributed by atoms with van der Waals surface area (Å²) < 4.78 is 12.4. The van der Waals surface area contributed by atoms with E-state index in [1.807, 2.05) is 29.0 Å². The lowest BCUT2D eigenvalue weighted by Gasteiger charge is -2.10. The molecule has 1 aromatic carbocycles. The maximum absolute atomic E-state index is 11.8. The Bertz CT molecular complexity index is 587. The third kappa shape index (κ3) is 6.39. The second kappa shape index (κ2) is 9.47. The van der Waals surface area contributed by atoms with Gasteiger partial charge in [0, 0.05) is 44.3 Å². The molecule has 0 bridgehead atoms. The summed E-state index contributed by atoms with van der Waals surface area (Å²) in [7, 11) is 1.62. The molecule has 2 N–H and O–H groups in total. The van der Waals surface area contributed by atoms with Crippen molar-refractivity contribution in [2.45, 2.75) is 13.0 Å². The van der Waals surface area contributed by atoms with Crippen LogP contribution in [-0.4, -0.2) is 42.5 Å². The Kier molecular flexibility index (Phi) is 6.93. The van der Waals surface area contributed by atoms with Crippen LogP contribution < -0.4 is 15.4 Å². The lowest BCUT2D eigenvalue weighted by molar-refractivity contribution is 0.146. The molecule has 0 unspecified atom stereocenters. The third-order valence-corrected chi connectivity index (χ3v) is 3.09. The molecular formula is C16H22N4O3. The van der Waals surface area contributed by atoms with Crippen LogP contribution in [0.15, 0.2) is 43.0 Å². The Labute approximate surface area is 135 Å². The van der Waals surface area contributed by atoms with Crippen LogP contribution in [0, 0.1) is 0 Å². The number of aromatic nitrogens is 2. The maximum Gasteiger partial charge on any atom is 0.319 e. The highest BCUT2D eigenvalue weighted by Gasteiger charge is 2.02. The lowest BCUT2D eigenvalue weighted by atomic mass is 10.3. The Balaban J connectivity index is 1.68. The molecule has 1 heterocycles. The first-order valence-electron chi connectivity index (χ1n) is 7.50. The van der Waals surface area contributed by atoms with Crippen molar-refractivity contribution in [1.82, 2.24) is 14.9 Å². The minimum absolute atomic E-state index is 0.232. The van der Waals surface area contributed by atoms with Gasteiger partial charge in [0.15, 0.2) is 0 Å². The molecule has 7 heteroatoms. The molecule has 0 saturated heterocycles. The first-order valence-corrected chi connectivity index (χ1v) is 7.50. The number of urea groups is 1. The minimum atomic E-state index is -0.232. The molecule has 0 saturated carbocycles. The Morgan fingerprint density at radius 1 is 1.35 bits per heavy atom. The molecule has 1 aromatic heterocycles. The number of carbonyl (C=O) groups excluding carboxylic acids is 1. The normalized spacial score (nSPS) is 10.3. The number of nitrogens with zero attached hydrogens (tertiary/aromatic N) is 2. The smallest absolute Gasteiger partial charge is 0.319 e. The quantitative estimate of drug-likeness (QED) is 0.694. The summed E-state index contributed by atoms with van der Waals surface area (Å²) in [6, 6.07) is 7.03. The molecule has 0 aliphatic carbocycles. The van der Waals surface area contributed by atoms with Gasteiger partial charge in [0.25, 0.3) is 0 Å². The van der Waals surface area contributed by atoms with Crippen molar-refractivity contribution in [2.75, 3.05) is 32.2 Å². The number of benzene rings is 1. The van der Waals surface area contributed by atoms with E-state index in [-0.39, 0.29) is 6.03 Å². The molecule has 0 radical (unpaired) electrons. The number of carbonyl (C=O) groups is 1. The average molecular weight is 318 g/mol. The topological polar surface area (TPSA) is 77.4 Å². The van der Waals surface area contributed by atoms with Crippen molar-refractivity contribution in [3.05, 3.63) is 43.0 Å². The van der Waals surface area contributed by atoms with E-state index in [1.165, 1.54) is 0 Å². The van der Waals surface area contributed by atoms with Gasteiger partial charge in [-0.05, 0) is 18.6 Å². The van der Waals surface area contributed by atoms with Crippen molar-refractivity contribution in [2.24, 2.45) is 0 Å². The molecule has 2 aromatic rings. The number of hydrogen-bond donors (Lipinski definition) is 2. The van der Waals surface area contributed by atoms with Crippen molar-refractivity contribution < 1.29 is 14.3 Å². The van der Waals surface area contributed by atoms with Gasteiger partial charge < -0.3 is 24.7 Å². The van der Waals surface area contributed by atoms with Crippen molar-refractivity contribution >= 4 is 11.7 Å². The van der Waals surface area contributed by atoms with Crippen LogP contribution in [-0.2, 0) is 11.3 Å². The predicted molar refractivity (Wildman–Crippen MR) is 87.7 cm³/mol. The van der Waals surface area contributed by atoms with Crippen LogP contribution in [0.25, 0.3) is 0 Å². The number of nitrogens with one attached hydrogen (secondary N) is 2. The molecule has 23 heavy (non-hydrogen) atoms. The van der Waals surface area contributed by atoms with Crippen molar-refractivity contribution in [3.8, 4) is 5.75 Å². The molecule has 0 fully saturated rings. The second-order valence-corrected chi connectivity index (χ2v) is 4.90. The zero-order valence-corrected chi connectivity index (χ0v) is 13.2. The number of aryl methyl sites for hydroxylation is 1. The number of anilines is 1. The molecule has 124 valence electrons. The van der Waals surface area contributed by atoms with Gasteiger partial charge >= 0.3 is 6.03 Å². The van der Waals surface area contributed by atoms with E-state index >= 15 is 0 Å². The van der Waals surface area contributed by atoms with Crippen LogP contribution >= 0.6 is 0 Å². The summed E-state index contributed by atoms with van der Waals surface area (Å²) in [4.78, 5) is 15.8. The fourth-order valence-corrected chi connectivity index (χ4v) is 1.96. The van der Waals surface area contributed by atoms with E-state index < -0.39 is 0 Å². The standard InChI is InChI=1S/C16H22N4O3/c1-22-10-11-23-15-5-2-4-14(12-15)19-16(21)18-6-3-8-20-9-7-17-13-20/h2,4-5,7,9,12-13H,3,6,8,10-11H2,1H3,(H2,18,19,21). The molecule has 2 amide bonds. The maximum atomic E-state index is 11.8. The monoisotopic (exact) mass is 318 g/mol. The van der Waals surface area contributed by atoms with Gasteiger partial charge in [-0.1, -0.05) is 6.07 Å². The Hall–Kier alpha value is -2.54. The molecule has 0 aliphatic rings. The van der Waals surface area contributed by atoms with E-state index in [2.05, 4.69) is 15.6 Å². The average Bonchev–Trinajstić information content (AvgIpc) is 3.06. The molecule has 7 nitrogen and oxygen atoms in total. The van der Waals surface area contributed by atoms with E-state index in [1.54, 1.807) is 25.7 Å². The molecule has 2 rings (SSSR count). The third-order valence-electron chi connectivity index (χ3n) is 3.09. The number of imidazole rings is 1. The highest BCUT2D eigenvalue weighted by Crippen LogP contribution is 2.17. The summed E-state index contributed by atoms with van der Waals surface area (Å²) in [5.41, 5.74) is 0.687. The summed E-state index contributed by atoms with van der Waals surface area (Å²) in [6.45, 7) is 2.41. The number of rotatable bonds is 9. The van der Waals surface area contributed by atoms with Crippen LogP contribution in [0.2, 0.25) is 0 Å². The van der Waals surface area contributed by atoms with Crippen LogP contribution in [0.4, 0.5) is 10.5 Å². The second-order valence-electron chi connectivity index (χ2n) is 4.90. The number of ether oxygens (including phenoxy) is 2. The van der Waals surface area contributed by atoms with Gasteiger partial charge in [0.1, 0.15) is 12.4 Å². The van der Waals surface area contributed by atoms with Gasteiger partial charge in [-0.2, -0.15) is 0 Å². The predicted octanol–water partition coefficient (Wildman–Crippen LogP) is 2.12. The van der Waals surface area contributed by atoms with Crippen molar-refractivity contribution in [3.63, 3.8) is 0 Å². The van der Waals surface area contributed by atoms with Gasteiger partial charge in [0.2, 0.25) is 0 Å². The van der Waals surface area contributed by atoms with Crippen LogP contribution in [0.1, 0.15) is 6.42 Å². The number of amides is 2. The van der Waals surface area contributed by atoms with E-state index in [0.717, 1.165) is 13.0 Å². The van der Waals surface area contributed by atoms with Gasteiger partial charge in [-0.15, -0.1) is 0 Å².